The zero-order valence-corrected chi connectivity index (χ0v) is 17.0. The minimum Gasteiger partial charge on any atom is -0.425 e. The van der Waals surface area contributed by atoms with Crippen LogP contribution in [0, 0.1) is 5.82 Å². The van der Waals surface area contributed by atoms with E-state index in [4.69, 9.17) is 9.84 Å². The third kappa shape index (κ3) is 4.10. The monoisotopic (exact) mass is 426 g/mol. The number of nitrogens with zero attached hydrogens (tertiary/aromatic N) is 4. The van der Waals surface area contributed by atoms with E-state index in [1.807, 2.05) is 18.2 Å². The van der Waals surface area contributed by atoms with E-state index in [1.54, 1.807) is 35.9 Å². The molecule has 3 aromatic rings. The number of benzene rings is 2. The van der Waals surface area contributed by atoms with E-state index in [1.165, 1.54) is 21.9 Å². The van der Waals surface area contributed by atoms with Gasteiger partial charge in [0.05, 0.1) is 6.54 Å². The van der Waals surface area contributed by atoms with Crippen LogP contribution in [0.1, 0.15) is 22.5 Å². The zero-order valence-electron chi connectivity index (χ0n) is 17.0. The largest absolute Gasteiger partial charge is 0.425 e. The summed E-state index contributed by atoms with van der Waals surface area (Å²) in [5.41, 5.74) is 1.00. The molecule has 1 aromatic heterocycles. The molecule has 1 atom stereocenters. The molecule has 1 amide bonds. The molecule has 31 heavy (non-hydrogen) atoms. The first-order valence-electron chi connectivity index (χ1n) is 9.90. The molecular formula is C22H23FN4O4. The molecule has 0 aliphatic carbocycles. The van der Waals surface area contributed by atoms with Crippen molar-refractivity contribution >= 4 is 11.7 Å². The van der Waals surface area contributed by atoms with Gasteiger partial charge < -0.3 is 19.8 Å². The molecule has 2 heterocycles. The Morgan fingerprint density at radius 3 is 2.52 bits per heavy atom. The summed E-state index contributed by atoms with van der Waals surface area (Å²) in [4.78, 5) is 20.5. The Bertz CT molecular complexity index is 1060. The highest BCUT2D eigenvalue weighted by Gasteiger charge is 2.40. The Hall–Kier alpha value is -3.43. The van der Waals surface area contributed by atoms with Gasteiger partial charge in [-0.2, -0.15) is 4.98 Å². The van der Waals surface area contributed by atoms with Gasteiger partial charge in [-0.3, -0.25) is 14.3 Å². The summed E-state index contributed by atoms with van der Waals surface area (Å²) in [5, 5.41) is 19.8. The number of imidazole rings is 1. The summed E-state index contributed by atoms with van der Waals surface area (Å²) in [7, 11) is 1.63. The summed E-state index contributed by atoms with van der Waals surface area (Å²) in [5.74, 6) is 0.0432. The molecule has 2 N–H and O–H groups in total. The standard InChI is InChI=1S/C22H23FN4O4/c1-25-19-18(20(29)26(22(25)30)12-5-13-28)27(14-15-8-10-16(23)11-9-15)21(24-19)31-17-6-3-2-4-7-17/h2-4,6-11,22,28,30H,5,12-14H2,1H3. The lowest BCUT2D eigenvalue weighted by Gasteiger charge is -2.38. The highest BCUT2D eigenvalue weighted by molar-refractivity contribution is 5.99. The lowest BCUT2D eigenvalue weighted by molar-refractivity contribution is 0.00112. The maximum absolute atomic E-state index is 13.4. The molecule has 1 aliphatic heterocycles. The van der Waals surface area contributed by atoms with Crippen molar-refractivity contribution in [2.75, 3.05) is 25.1 Å². The SMILES string of the molecule is CN1c2nc(Oc3ccccc3)n(Cc3ccc(F)cc3)c2C(=O)N(CCCO)C1O. The molecule has 1 unspecified atom stereocenters. The Morgan fingerprint density at radius 2 is 1.84 bits per heavy atom. The number of anilines is 1. The van der Waals surface area contributed by atoms with Gasteiger partial charge >= 0.3 is 6.01 Å². The van der Waals surface area contributed by atoms with Crippen molar-refractivity contribution in [3.8, 4) is 11.8 Å². The van der Waals surface area contributed by atoms with Gasteiger partial charge in [0.2, 0.25) is 6.35 Å². The van der Waals surface area contributed by atoms with Crippen molar-refractivity contribution < 1.29 is 24.1 Å². The quantitative estimate of drug-likeness (QED) is 0.603. The summed E-state index contributed by atoms with van der Waals surface area (Å²) >= 11 is 0. The van der Waals surface area contributed by atoms with Gasteiger partial charge in [-0.1, -0.05) is 30.3 Å². The van der Waals surface area contributed by atoms with Crippen molar-refractivity contribution in [1.29, 1.82) is 0 Å². The molecule has 1 aliphatic rings. The van der Waals surface area contributed by atoms with E-state index in [0.29, 0.717) is 12.2 Å². The van der Waals surface area contributed by atoms with Crippen LogP contribution in [-0.2, 0) is 6.54 Å². The maximum atomic E-state index is 13.4. The van der Waals surface area contributed by atoms with Crippen LogP contribution in [0.4, 0.5) is 10.2 Å². The molecule has 8 nitrogen and oxygen atoms in total. The van der Waals surface area contributed by atoms with E-state index in [0.717, 1.165) is 5.56 Å². The summed E-state index contributed by atoms with van der Waals surface area (Å²) < 4.78 is 21.0. The lowest BCUT2D eigenvalue weighted by atomic mass is 10.2. The van der Waals surface area contributed by atoms with E-state index in [2.05, 4.69) is 4.98 Å². The van der Waals surface area contributed by atoms with Crippen molar-refractivity contribution in [1.82, 2.24) is 14.5 Å². The van der Waals surface area contributed by atoms with Crippen molar-refractivity contribution in [2.24, 2.45) is 0 Å². The van der Waals surface area contributed by atoms with Gasteiger partial charge in [0.15, 0.2) is 11.5 Å². The Kier molecular flexibility index (Phi) is 5.88. The van der Waals surface area contributed by atoms with Crippen molar-refractivity contribution in [3.05, 3.63) is 71.7 Å². The topological polar surface area (TPSA) is 91.1 Å². The normalized spacial score (nSPS) is 15.9. The number of aliphatic hydroxyl groups excluding tert-OH is 2. The third-order valence-corrected chi connectivity index (χ3v) is 5.10. The number of carbonyl (C=O) groups excluding carboxylic acids is 1. The first kappa shape index (κ1) is 20.8. The Balaban J connectivity index is 1.79. The highest BCUT2D eigenvalue weighted by Crippen LogP contribution is 2.34. The van der Waals surface area contributed by atoms with Crippen molar-refractivity contribution in [2.45, 2.75) is 19.3 Å². The fraction of sp³-hybridized carbons (Fsp3) is 0.273. The summed E-state index contributed by atoms with van der Waals surface area (Å²) in [6.07, 6.45) is -0.892. The van der Waals surface area contributed by atoms with Crippen LogP contribution in [0.2, 0.25) is 0 Å². The molecular weight excluding hydrogens is 403 g/mol. The lowest BCUT2D eigenvalue weighted by Crippen LogP contribution is -2.54. The van der Waals surface area contributed by atoms with Crippen LogP contribution < -0.4 is 9.64 Å². The summed E-state index contributed by atoms with van der Waals surface area (Å²) in [6, 6.07) is 15.2. The van der Waals surface area contributed by atoms with Crippen molar-refractivity contribution in [3.63, 3.8) is 0 Å². The average molecular weight is 426 g/mol. The first-order valence-corrected chi connectivity index (χ1v) is 9.90. The molecule has 4 rings (SSSR count). The van der Waals surface area contributed by atoms with Gasteiger partial charge in [-0.15, -0.1) is 0 Å². The number of hydrogen-bond acceptors (Lipinski definition) is 6. The number of rotatable bonds is 7. The number of carbonyl (C=O) groups is 1. The van der Waals surface area contributed by atoms with Crippen LogP contribution in [0.3, 0.4) is 0 Å². The minimum atomic E-state index is -1.22. The Labute approximate surface area is 178 Å². The molecule has 0 saturated carbocycles. The third-order valence-electron chi connectivity index (χ3n) is 5.10. The fourth-order valence-electron chi connectivity index (χ4n) is 3.49. The van der Waals surface area contributed by atoms with Crippen LogP contribution in [-0.4, -0.2) is 57.1 Å². The van der Waals surface area contributed by atoms with Gasteiger partial charge in [-0.05, 0) is 36.2 Å². The average Bonchev–Trinajstić information content (AvgIpc) is 3.12. The van der Waals surface area contributed by atoms with Crippen LogP contribution >= 0.6 is 0 Å². The van der Waals surface area contributed by atoms with E-state index in [-0.39, 0.29) is 43.0 Å². The number of amides is 1. The zero-order chi connectivity index (χ0) is 22.0. The van der Waals surface area contributed by atoms with Gasteiger partial charge in [0, 0.05) is 20.2 Å². The number of para-hydroxylation sites is 1. The fourth-order valence-corrected chi connectivity index (χ4v) is 3.49. The first-order chi connectivity index (χ1) is 15.0. The number of hydrogen-bond donors (Lipinski definition) is 2. The number of aliphatic hydroxyl groups is 2. The molecule has 0 fully saturated rings. The van der Waals surface area contributed by atoms with Crippen LogP contribution in [0.5, 0.6) is 11.8 Å². The van der Waals surface area contributed by atoms with Crippen LogP contribution in [0.25, 0.3) is 0 Å². The maximum Gasteiger partial charge on any atom is 0.304 e. The van der Waals surface area contributed by atoms with E-state index < -0.39 is 12.3 Å². The number of fused-ring (bicyclic) bond motifs is 1. The molecule has 9 heteroatoms. The highest BCUT2D eigenvalue weighted by atomic mass is 19.1. The van der Waals surface area contributed by atoms with Gasteiger partial charge in [-0.25, -0.2) is 4.39 Å². The molecule has 162 valence electrons. The van der Waals surface area contributed by atoms with E-state index in [9.17, 15) is 14.3 Å². The Morgan fingerprint density at radius 1 is 1.13 bits per heavy atom. The van der Waals surface area contributed by atoms with Gasteiger partial charge in [0.1, 0.15) is 11.6 Å². The molecule has 2 aromatic carbocycles. The van der Waals surface area contributed by atoms with Crippen LogP contribution in [0.15, 0.2) is 54.6 Å². The molecule has 0 radical (unpaired) electrons. The van der Waals surface area contributed by atoms with Gasteiger partial charge in [0.25, 0.3) is 5.91 Å². The number of halogens is 1. The smallest absolute Gasteiger partial charge is 0.304 e. The molecule has 0 saturated heterocycles. The molecule has 0 spiro atoms. The number of aromatic nitrogens is 2. The van der Waals surface area contributed by atoms with E-state index >= 15 is 0 Å². The molecule has 0 bridgehead atoms. The second kappa shape index (κ2) is 8.75. The second-order valence-electron chi connectivity index (χ2n) is 7.23. The minimum absolute atomic E-state index is 0.107. The predicted molar refractivity (Wildman–Crippen MR) is 111 cm³/mol. The second-order valence-corrected chi connectivity index (χ2v) is 7.23. The number of ether oxygens (including phenoxy) is 1. The summed E-state index contributed by atoms with van der Waals surface area (Å²) in [6.45, 7) is 0.287. The predicted octanol–water partition coefficient (Wildman–Crippen LogP) is 2.41.